The molecule has 94 valence electrons. The topological polar surface area (TPSA) is 38.0 Å². The largest absolute Gasteiger partial charge is 0.389 e. The van der Waals surface area contributed by atoms with Crippen LogP contribution >= 0.6 is 35.7 Å². The van der Waals surface area contributed by atoms with Crippen molar-refractivity contribution < 1.29 is 0 Å². The molecule has 0 aliphatic carbocycles. The fourth-order valence-electron chi connectivity index (χ4n) is 1.44. The molecule has 1 unspecified atom stereocenters. The molecule has 0 aliphatic rings. The number of anilines is 1. The highest BCUT2D eigenvalue weighted by Gasteiger charge is 2.10. The summed E-state index contributed by atoms with van der Waals surface area (Å²) >= 11 is 8.63. The molecule has 17 heavy (non-hydrogen) atoms. The number of hydrogen-bond donors (Lipinski definition) is 2. The standard InChI is InChI=1S/C12H18N2S3/c1-8(16-2)7-14-9-5-4-6-10(17-3)11(9)12(13)15/h4-6,8,14H,7H2,1-3H3,(H2,13,15). The van der Waals surface area contributed by atoms with Crippen LogP contribution in [0.4, 0.5) is 5.69 Å². The smallest absolute Gasteiger partial charge is 0.107 e. The molecule has 0 bridgehead atoms. The highest BCUT2D eigenvalue weighted by Crippen LogP contribution is 2.27. The van der Waals surface area contributed by atoms with Gasteiger partial charge in [0.05, 0.1) is 0 Å². The van der Waals surface area contributed by atoms with Crippen LogP contribution in [0.5, 0.6) is 0 Å². The average molecular weight is 286 g/mol. The summed E-state index contributed by atoms with van der Waals surface area (Å²) in [7, 11) is 0. The maximum atomic E-state index is 5.80. The lowest BCUT2D eigenvalue weighted by Gasteiger charge is -2.16. The summed E-state index contributed by atoms with van der Waals surface area (Å²) in [4.78, 5) is 1.58. The number of rotatable bonds is 6. The Morgan fingerprint density at radius 2 is 2.18 bits per heavy atom. The third-order valence-corrected chi connectivity index (χ3v) is 4.43. The Morgan fingerprint density at radius 1 is 1.47 bits per heavy atom. The lowest BCUT2D eigenvalue weighted by atomic mass is 10.1. The minimum Gasteiger partial charge on any atom is -0.389 e. The van der Waals surface area contributed by atoms with E-state index in [1.807, 2.05) is 36.2 Å². The number of hydrogen-bond acceptors (Lipinski definition) is 4. The molecule has 0 saturated carbocycles. The van der Waals surface area contributed by atoms with Crippen LogP contribution in [-0.4, -0.2) is 29.3 Å². The molecule has 0 spiro atoms. The molecule has 2 nitrogen and oxygen atoms in total. The van der Waals surface area contributed by atoms with Crippen molar-refractivity contribution in [2.24, 2.45) is 5.73 Å². The molecule has 5 heteroatoms. The Kier molecular flexibility index (Phi) is 6.16. The van der Waals surface area contributed by atoms with Crippen LogP contribution in [-0.2, 0) is 0 Å². The lowest BCUT2D eigenvalue weighted by Crippen LogP contribution is -2.18. The fourth-order valence-corrected chi connectivity index (χ4v) is 2.61. The molecular weight excluding hydrogens is 268 g/mol. The third-order valence-electron chi connectivity index (χ3n) is 2.47. The molecule has 0 fully saturated rings. The summed E-state index contributed by atoms with van der Waals surface area (Å²) in [5, 5.41) is 3.98. The van der Waals surface area contributed by atoms with Crippen LogP contribution < -0.4 is 11.1 Å². The van der Waals surface area contributed by atoms with Gasteiger partial charge in [0.15, 0.2) is 0 Å². The molecule has 3 N–H and O–H groups in total. The van der Waals surface area contributed by atoms with Gasteiger partial charge in [0.25, 0.3) is 0 Å². The molecule has 0 heterocycles. The van der Waals surface area contributed by atoms with Gasteiger partial charge in [0, 0.05) is 27.9 Å². The first-order valence-electron chi connectivity index (χ1n) is 5.33. The Balaban J connectivity index is 2.94. The van der Waals surface area contributed by atoms with Gasteiger partial charge in [-0.1, -0.05) is 25.2 Å². The van der Waals surface area contributed by atoms with E-state index in [4.69, 9.17) is 18.0 Å². The van der Waals surface area contributed by atoms with E-state index in [2.05, 4.69) is 18.5 Å². The highest BCUT2D eigenvalue weighted by atomic mass is 32.2. The SMILES string of the molecule is CSc1cccc(NCC(C)SC)c1C(N)=S. The number of benzene rings is 1. The summed E-state index contributed by atoms with van der Waals surface area (Å²) in [5.41, 5.74) is 7.80. The zero-order valence-electron chi connectivity index (χ0n) is 10.3. The van der Waals surface area contributed by atoms with E-state index in [1.165, 1.54) is 0 Å². The Morgan fingerprint density at radius 3 is 2.71 bits per heavy atom. The Hall–Kier alpha value is -0.390. The summed E-state index contributed by atoms with van der Waals surface area (Å²) in [6, 6.07) is 6.10. The van der Waals surface area contributed by atoms with E-state index >= 15 is 0 Å². The predicted molar refractivity (Wildman–Crippen MR) is 85.6 cm³/mol. The van der Waals surface area contributed by atoms with E-state index < -0.39 is 0 Å². The van der Waals surface area contributed by atoms with Crippen LogP contribution in [0.3, 0.4) is 0 Å². The molecule has 1 aromatic carbocycles. The van der Waals surface area contributed by atoms with Crippen molar-refractivity contribution in [3.63, 3.8) is 0 Å². The summed E-state index contributed by atoms with van der Waals surface area (Å²) < 4.78 is 0. The van der Waals surface area contributed by atoms with Crippen LogP contribution in [0, 0.1) is 0 Å². The van der Waals surface area contributed by atoms with Crippen molar-refractivity contribution in [1.82, 2.24) is 0 Å². The minimum absolute atomic E-state index is 0.453. The lowest BCUT2D eigenvalue weighted by molar-refractivity contribution is 1.00. The average Bonchev–Trinajstić information content (AvgIpc) is 2.34. The molecule has 0 amide bonds. The van der Waals surface area contributed by atoms with Gasteiger partial charge in [0.2, 0.25) is 0 Å². The molecule has 0 aromatic heterocycles. The first-order chi connectivity index (χ1) is 8.10. The second-order valence-electron chi connectivity index (χ2n) is 3.67. The predicted octanol–water partition coefficient (Wildman–Crippen LogP) is 3.21. The van der Waals surface area contributed by atoms with Gasteiger partial charge in [-0.25, -0.2) is 0 Å². The number of nitrogens with one attached hydrogen (secondary N) is 1. The van der Waals surface area contributed by atoms with Crippen molar-refractivity contribution in [2.45, 2.75) is 17.1 Å². The molecule has 0 radical (unpaired) electrons. The van der Waals surface area contributed by atoms with Crippen LogP contribution in [0.25, 0.3) is 0 Å². The maximum absolute atomic E-state index is 5.80. The van der Waals surface area contributed by atoms with Crippen molar-refractivity contribution in [3.8, 4) is 0 Å². The first kappa shape index (κ1) is 14.7. The van der Waals surface area contributed by atoms with E-state index in [0.717, 1.165) is 22.7 Å². The summed E-state index contributed by atoms with van der Waals surface area (Å²) in [6.45, 7) is 3.10. The second kappa shape index (κ2) is 7.13. The molecule has 1 atom stereocenters. The first-order valence-corrected chi connectivity index (χ1v) is 8.25. The molecule has 0 saturated heterocycles. The summed E-state index contributed by atoms with van der Waals surface area (Å²) in [5.74, 6) is 0. The third kappa shape index (κ3) is 4.08. The molecule has 0 aliphatic heterocycles. The maximum Gasteiger partial charge on any atom is 0.107 e. The number of thioether (sulfide) groups is 2. The van der Waals surface area contributed by atoms with Gasteiger partial charge in [-0.15, -0.1) is 11.8 Å². The van der Waals surface area contributed by atoms with Crippen LogP contribution in [0.2, 0.25) is 0 Å². The number of nitrogens with two attached hydrogens (primary N) is 1. The quantitative estimate of drug-likeness (QED) is 0.620. The minimum atomic E-state index is 0.453. The monoisotopic (exact) mass is 286 g/mol. The van der Waals surface area contributed by atoms with Crippen LogP contribution in [0.1, 0.15) is 12.5 Å². The zero-order valence-corrected chi connectivity index (χ0v) is 12.8. The van der Waals surface area contributed by atoms with Gasteiger partial charge < -0.3 is 11.1 Å². The van der Waals surface area contributed by atoms with Crippen molar-refractivity contribution in [1.29, 1.82) is 0 Å². The van der Waals surface area contributed by atoms with E-state index in [-0.39, 0.29) is 0 Å². The molecule has 1 aromatic rings. The Labute approximate surface area is 117 Å². The van der Waals surface area contributed by atoms with Gasteiger partial charge >= 0.3 is 0 Å². The summed E-state index contributed by atoms with van der Waals surface area (Å²) in [6.07, 6.45) is 4.14. The second-order valence-corrected chi connectivity index (χ2v) is 6.24. The molecule has 1 rings (SSSR count). The van der Waals surface area contributed by atoms with Crippen molar-refractivity contribution in [2.75, 3.05) is 24.4 Å². The molecular formula is C12H18N2S3. The van der Waals surface area contributed by atoms with E-state index in [1.54, 1.807) is 11.8 Å². The van der Waals surface area contributed by atoms with Crippen molar-refractivity contribution >= 4 is 46.4 Å². The highest BCUT2D eigenvalue weighted by molar-refractivity contribution is 7.99. The normalized spacial score (nSPS) is 12.2. The zero-order chi connectivity index (χ0) is 12.8. The fraction of sp³-hybridized carbons (Fsp3) is 0.417. The van der Waals surface area contributed by atoms with E-state index in [9.17, 15) is 0 Å². The van der Waals surface area contributed by atoms with Gasteiger partial charge in [-0.2, -0.15) is 11.8 Å². The Bertz CT molecular complexity index is 393. The van der Waals surface area contributed by atoms with E-state index in [0.29, 0.717) is 10.2 Å². The van der Waals surface area contributed by atoms with Crippen LogP contribution in [0.15, 0.2) is 23.1 Å². The van der Waals surface area contributed by atoms with Gasteiger partial charge in [-0.05, 0) is 24.6 Å². The number of thiocarbonyl (C=S) groups is 1. The van der Waals surface area contributed by atoms with Gasteiger partial charge in [0.1, 0.15) is 4.99 Å². The van der Waals surface area contributed by atoms with Gasteiger partial charge in [-0.3, -0.25) is 0 Å². The van der Waals surface area contributed by atoms with Crippen molar-refractivity contribution in [3.05, 3.63) is 23.8 Å².